The zero-order valence-corrected chi connectivity index (χ0v) is 15.9. The Morgan fingerprint density at radius 3 is 2.96 bits per heavy atom. The zero-order valence-electron chi connectivity index (χ0n) is 14.3. The molecule has 7 heteroatoms. The van der Waals surface area contributed by atoms with E-state index in [2.05, 4.69) is 35.4 Å². The van der Waals surface area contributed by atoms with Gasteiger partial charge in [-0.25, -0.2) is 0 Å². The van der Waals surface area contributed by atoms with Crippen LogP contribution in [0.2, 0.25) is 0 Å². The number of aryl methyl sites for hydroxylation is 1. The van der Waals surface area contributed by atoms with Crippen LogP contribution in [0, 0.1) is 6.92 Å². The maximum Gasteiger partial charge on any atom is 0.253 e. The van der Waals surface area contributed by atoms with Crippen molar-refractivity contribution in [2.45, 2.75) is 19.1 Å². The summed E-state index contributed by atoms with van der Waals surface area (Å²) in [4.78, 5) is 19.2. The van der Waals surface area contributed by atoms with Gasteiger partial charge < -0.3 is 9.47 Å². The summed E-state index contributed by atoms with van der Waals surface area (Å²) >= 11 is 3.42. The highest BCUT2D eigenvalue weighted by atomic mass is 32.1. The van der Waals surface area contributed by atoms with Gasteiger partial charge in [0.1, 0.15) is 12.2 Å². The number of hydrogen-bond acceptors (Lipinski definition) is 6. The Hall–Kier alpha value is -1.25. The third-order valence-corrected chi connectivity index (χ3v) is 6.51. The zero-order chi connectivity index (χ0) is 17.3. The smallest absolute Gasteiger partial charge is 0.253 e. The summed E-state index contributed by atoms with van der Waals surface area (Å²) < 4.78 is 11.9. The van der Waals surface area contributed by atoms with E-state index in [1.807, 2.05) is 11.0 Å². The summed E-state index contributed by atoms with van der Waals surface area (Å²) in [6.07, 6.45) is 0. The van der Waals surface area contributed by atoms with Crippen molar-refractivity contribution in [2.24, 2.45) is 0 Å². The van der Waals surface area contributed by atoms with E-state index in [9.17, 15) is 4.79 Å². The molecule has 134 valence electrons. The van der Waals surface area contributed by atoms with Crippen LogP contribution in [0.15, 0.2) is 29.6 Å². The average Bonchev–Trinajstić information content (AvgIpc) is 3.21. The van der Waals surface area contributed by atoms with Crippen LogP contribution in [0.25, 0.3) is 0 Å². The predicted molar refractivity (Wildman–Crippen MR) is 101 cm³/mol. The highest BCUT2D eigenvalue weighted by Gasteiger charge is 2.43. The molecular weight excluding hydrogens is 356 g/mol. The van der Waals surface area contributed by atoms with E-state index in [-0.39, 0.29) is 12.5 Å². The van der Waals surface area contributed by atoms with E-state index >= 15 is 0 Å². The van der Waals surface area contributed by atoms with Gasteiger partial charge in [-0.1, -0.05) is 6.07 Å². The molecule has 1 atom stereocenters. The standard InChI is InChI=1S/C18H22N2O3S2/c1-14-4-5-17(25-14)20-12-18(23-10-16(20)21)11-19(6-7-22-13-18)9-15-3-2-8-24-15/h2-5,8H,6-7,9-13H2,1H3/t18-/m1/s1. The minimum Gasteiger partial charge on any atom is -0.377 e. The van der Waals surface area contributed by atoms with Crippen LogP contribution in [0.1, 0.15) is 9.75 Å². The molecule has 0 aromatic carbocycles. The van der Waals surface area contributed by atoms with Crippen LogP contribution in [-0.4, -0.2) is 55.9 Å². The molecule has 2 aliphatic heterocycles. The van der Waals surface area contributed by atoms with Crippen molar-refractivity contribution in [1.82, 2.24) is 4.90 Å². The SMILES string of the molecule is Cc1ccc(N2C[C@]3(COCCN(Cc4cccs4)C3)OCC2=O)s1. The fourth-order valence-electron chi connectivity index (χ4n) is 3.41. The molecule has 4 rings (SSSR count). The quantitative estimate of drug-likeness (QED) is 0.824. The van der Waals surface area contributed by atoms with Gasteiger partial charge in [0.2, 0.25) is 0 Å². The maximum atomic E-state index is 12.4. The Labute approximate surface area is 155 Å². The van der Waals surface area contributed by atoms with Crippen molar-refractivity contribution >= 4 is 33.6 Å². The van der Waals surface area contributed by atoms with Crippen molar-refractivity contribution < 1.29 is 14.3 Å². The lowest BCUT2D eigenvalue weighted by molar-refractivity contribution is -0.146. The van der Waals surface area contributed by atoms with Gasteiger partial charge in [0.05, 0.1) is 24.8 Å². The van der Waals surface area contributed by atoms with E-state index in [0.717, 1.165) is 24.6 Å². The molecule has 0 N–H and O–H groups in total. The first-order valence-electron chi connectivity index (χ1n) is 8.47. The number of ether oxygens (including phenoxy) is 2. The molecule has 2 fully saturated rings. The summed E-state index contributed by atoms with van der Waals surface area (Å²) in [5, 5.41) is 3.11. The van der Waals surface area contributed by atoms with Crippen LogP contribution in [-0.2, 0) is 20.8 Å². The summed E-state index contributed by atoms with van der Waals surface area (Å²) in [5.41, 5.74) is -0.459. The van der Waals surface area contributed by atoms with Crippen molar-refractivity contribution in [3.63, 3.8) is 0 Å². The molecule has 2 aromatic heterocycles. The second-order valence-corrected chi connectivity index (χ2v) is 8.98. The van der Waals surface area contributed by atoms with Gasteiger partial charge in [-0.05, 0) is 30.5 Å². The van der Waals surface area contributed by atoms with Crippen LogP contribution >= 0.6 is 22.7 Å². The van der Waals surface area contributed by atoms with Gasteiger partial charge in [0.25, 0.3) is 5.91 Å². The second kappa shape index (κ2) is 7.17. The van der Waals surface area contributed by atoms with Gasteiger partial charge in [-0.2, -0.15) is 0 Å². The van der Waals surface area contributed by atoms with E-state index in [0.29, 0.717) is 19.8 Å². The topological polar surface area (TPSA) is 42.0 Å². The molecule has 0 radical (unpaired) electrons. The number of thiophene rings is 2. The first-order chi connectivity index (χ1) is 12.1. The van der Waals surface area contributed by atoms with Crippen molar-refractivity contribution in [2.75, 3.05) is 44.4 Å². The Bertz CT molecular complexity index is 731. The molecule has 1 amide bonds. The molecule has 2 aliphatic rings. The molecule has 5 nitrogen and oxygen atoms in total. The molecule has 1 spiro atoms. The predicted octanol–water partition coefficient (Wildman–Crippen LogP) is 2.75. The normalized spacial score (nSPS) is 25.5. The van der Waals surface area contributed by atoms with E-state index < -0.39 is 5.60 Å². The van der Waals surface area contributed by atoms with Crippen LogP contribution in [0.5, 0.6) is 0 Å². The second-order valence-electron chi connectivity index (χ2n) is 6.68. The van der Waals surface area contributed by atoms with Gasteiger partial charge in [-0.3, -0.25) is 14.6 Å². The molecule has 0 bridgehead atoms. The van der Waals surface area contributed by atoms with Crippen LogP contribution in [0.4, 0.5) is 5.00 Å². The number of anilines is 1. The summed E-state index contributed by atoms with van der Waals surface area (Å²) in [5.74, 6) is 0.0292. The van der Waals surface area contributed by atoms with Crippen molar-refractivity contribution in [3.05, 3.63) is 39.4 Å². The van der Waals surface area contributed by atoms with Crippen molar-refractivity contribution in [1.29, 1.82) is 0 Å². The van der Waals surface area contributed by atoms with E-state index in [1.54, 1.807) is 22.7 Å². The van der Waals surface area contributed by atoms with Gasteiger partial charge in [-0.15, -0.1) is 22.7 Å². The molecular formula is C18H22N2O3S2. The summed E-state index contributed by atoms with van der Waals surface area (Å²) in [6, 6.07) is 8.33. The number of rotatable bonds is 3. The first kappa shape index (κ1) is 17.2. The Balaban J connectivity index is 1.53. The molecule has 25 heavy (non-hydrogen) atoms. The van der Waals surface area contributed by atoms with Gasteiger partial charge >= 0.3 is 0 Å². The first-order valence-corrected chi connectivity index (χ1v) is 10.2. The largest absolute Gasteiger partial charge is 0.377 e. The monoisotopic (exact) mass is 378 g/mol. The third-order valence-electron chi connectivity index (χ3n) is 4.63. The molecule has 2 saturated heterocycles. The van der Waals surface area contributed by atoms with E-state index in [1.165, 1.54) is 9.75 Å². The van der Waals surface area contributed by atoms with E-state index in [4.69, 9.17) is 9.47 Å². The van der Waals surface area contributed by atoms with Crippen LogP contribution < -0.4 is 4.90 Å². The number of nitrogens with zero attached hydrogens (tertiary/aromatic N) is 2. The fourth-order valence-corrected chi connectivity index (χ4v) is 5.03. The molecule has 4 heterocycles. The lowest BCUT2D eigenvalue weighted by Crippen LogP contribution is -2.60. The van der Waals surface area contributed by atoms with Gasteiger partial charge in [0.15, 0.2) is 0 Å². The Morgan fingerprint density at radius 2 is 2.20 bits per heavy atom. The summed E-state index contributed by atoms with van der Waals surface area (Å²) in [7, 11) is 0. The number of morpholine rings is 1. The Kier molecular flexibility index (Phi) is 4.92. The number of amides is 1. The lowest BCUT2D eigenvalue weighted by atomic mass is 10.0. The minimum absolute atomic E-state index is 0.0292. The average molecular weight is 379 g/mol. The molecule has 0 aliphatic carbocycles. The number of hydrogen-bond donors (Lipinski definition) is 0. The lowest BCUT2D eigenvalue weighted by Gasteiger charge is -2.42. The minimum atomic E-state index is -0.459. The molecule has 0 unspecified atom stereocenters. The summed E-state index contributed by atoms with van der Waals surface area (Å²) in [6.45, 7) is 6.52. The number of carbonyl (C=O) groups excluding carboxylic acids is 1. The van der Waals surface area contributed by atoms with Gasteiger partial charge in [0, 0.05) is 29.4 Å². The van der Waals surface area contributed by atoms with Crippen LogP contribution in [0.3, 0.4) is 0 Å². The highest BCUT2D eigenvalue weighted by molar-refractivity contribution is 7.16. The maximum absolute atomic E-state index is 12.4. The third kappa shape index (κ3) is 3.80. The Morgan fingerprint density at radius 1 is 1.28 bits per heavy atom. The molecule has 0 saturated carbocycles. The van der Waals surface area contributed by atoms with Crippen molar-refractivity contribution in [3.8, 4) is 0 Å². The number of carbonyl (C=O) groups is 1. The molecule has 2 aromatic rings. The fraction of sp³-hybridized carbons (Fsp3) is 0.500. The highest BCUT2D eigenvalue weighted by Crippen LogP contribution is 2.32.